The summed E-state index contributed by atoms with van der Waals surface area (Å²) in [6.45, 7) is 6.78. The van der Waals surface area contributed by atoms with Crippen LogP contribution in [-0.4, -0.2) is 5.78 Å². The minimum atomic E-state index is -0.0363. The standard InChI is InChI=1S/C16H20O2/c1-15(2)6-4-7-16(3)13(15)9-12(17)14(16)11-5-8-18-10-11/h5,8-10,14H,4,6-7H2,1-3H3/t14-,16+/m0/s1. The van der Waals surface area contributed by atoms with Crippen molar-refractivity contribution in [2.75, 3.05) is 0 Å². The molecule has 0 amide bonds. The van der Waals surface area contributed by atoms with Gasteiger partial charge < -0.3 is 4.42 Å². The maximum atomic E-state index is 12.4. The van der Waals surface area contributed by atoms with E-state index in [-0.39, 0.29) is 22.5 Å². The van der Waals surface area contributed by atoms with Gasteiger partial charge in [0.15, 0.2) is 5.78 Å². The van der Waals surface area contributed by atoms with E-state index in [0.717, 1.165) is 12.0 Å². The fraction of sp³-hybridized carbons (Fsp3) is 0.562. The van der Waals surface area contributed by atoms with Crippen molar-refractivity contribution in [3.05, 3.63) is 35.8 Å². The Balaban J connectivity index is 2.09. The molecule has 1 heterocycles. The summed E-state index contributed by atoms with van der Waals surface area (Å²) in [5.74, 6) is 0.217. The van der Waals surface area contributed by atoms with E-state index in [4.69, 9.17) is 4.42 Å². The van der Waals surface area contributed by atoms with E-state index < -0.39 is 0 Å². The zero-order valence-corrected chi connectivity index (χ0v) is 11.3. The van der Waals surface area contributed by atoms with E-state index in [2.05, 4.69) is 20.8 Å². The summed E-state index contributed by atoms with van der Waals surface area (Å²) in [4.78, 5) is 12.4. The summed E-state index contributed by atoms with van der Waals surface area (Å²) in [5, 5.41) is 0. The monoisotopic (exact) mass is 244 g/mol. The Labute approximate surface area is 108 Å². The Kier molecular flexibility index (Phi) is 2.35. The summed E-state index contributed by atoms with van der Waals surface area (Å²) < 4.78 is 5.18. The predicted octanol–water partition coefficient (Wildman–Crippen LogP) is 4.09. The lowest BCUT2D eigenvalue weighted by atomic mass is 9.58. The molecule has 2 atom stereocenters. The first-order chi connectivity index (χ1) is 8.45. The van der Waals surface area contributed by atoms with E-state index in [1.165, 1.54) is 18.4 Å². The van der Waals surface area contributed by atoms with Crippen LogP contribution >= 0.6 is 0 Å². The van der Waals surface area contributed by atoms with Gasteiger partial charge in [-0.3, -0.25) is 4.79 Å². The van der Waals surface area contributed by atoms with Crippen LogP contribution in [-0.2, 0) is 4.79 Å². The van der Waals surface area contributed by atoms with Crippen molar-refractivity contribution in [1.29, 1.82) is 0 Å². The molecule has 2 nitrogen and oxygen atoms in total. The van der Waals surface area contributed by atoms with E-state index in [9.17, 15) is 4.79 Å². The molecule has 0 aliphatic heterocycles. The molecule has 3 rings (SSSR count). The number of carbonyl (C=O) groups is 1. The number of hydrogen-bond acceptors (Lipinski definition) is 2. The fourth-order valence-electron chi connectivity index (χ4n) is 4.11. The van der Waals surface area contributed by atoms with Gasteiger partial charge in [0.2, 0.25) is 0 Å². The van der Waals surface area contributed by atoms with Crippen LogP contribution in [0.5, 0.6) is 0 Å². The molecular formula is C16H20O2. The molecule has 2 aliphatic rings. The molecule has 2 aliphatic carbocycles. The first-order valence-electron chi connectivity index (χ1n) is 6.74. The molecule has 0 N–H and O–H groups in total. The summed E-state index contributed by atoms with van der Waals surface area (Å²) in [7, 11) is 0. The van der Waals surface area contributed by atoms with Crippen molar-refractivity contribution in [3.8, 4) is 0 Å². The van der Waals surface area contributed by atoms with Crippen molar-refractivity contribution in [2.45, 2.75) is 46.0 Å². The molecule has 1 fully saturated rings. The minimum absolute atomic E-state index is 0.0112. The molecule has 0 radical (unpaired) electrons. The lowest BCUT2D eigenvalue weighted by molar-refractivity contribution is -0.117. The molecule has 96 valence electrons. The smallest absolute Gasteiger partial charge is 0.164 e. The van der Waals surface area contributed by atoms with Gasteiger partial charge in [-0.05, 0) is 30.4 Å². The van der Waals surface area contributed by atoms with Gasteiger partial charge in [0.05, 0.1) is 18.4 Å². The molecule has 0 bridgehead atoms. The zero-order valence-electron chi connectivity index (χ0n) is 11.3. The van der Waals surface area contributed by atoms with Crippen LogP contribution in [0.4, 0.5) is 0 Å². The average Bonchev–Trinajstić information content (AvgIpc) is 2.84. The third-order valence-corrected chi connectivity index (χ3v) is 4.93. The van der Waals surface area contributed by atoms with Crippen molar-refractivity contribution < 1.29 is 9.21 Å². The molecule has 0 spiro atoms. The van der Waals surface area contributed by atoms with E-state index in [1.54, 1.807) is 12.5 Å². The maximum Gasteiger partial charge on any atom is 0.164 e. The van der Waals surface area contributed by atoms with Crippen LogP contribution in [0.2, 0.25) is 0 Å². The van der Waals surface area contributed by atoms with Gasteiger partial charge in [0, 0.05) is 11.0 Å². The molecule has 2 heteroatoms. The number of furan rings is 1. The van der Waals surface area contributed by atoms with Crippen LogP contribution in [0.1, 0.15) is 51.5 Å². The Bertz CT molecular complexity index is 507. The Morgan fingerprint density at radius 1 is 1.28 bits per heavy atom. The number of fused-ring (bicyclic) bond motifs is 1. The number of allylic oxidation sites excluding steroid dienone is 2. The second-order valence-electron chi connectivity index (χ2n) is 6.60. The molecule has 18 heavy (non-hydrogen) atoms. The molecule has 1 aromatic rings. The average molecular weight is 244 g/mol. The molecule has 0 saturated heterocycles. The van der Waals surface area contributed by atoms with Crippen molar-refractivity contribution in [3.63, 3.8) is 0 Å². The zero-order chi connectivity index (χ0) is 13.0. The normalized spacial score (nSPS) is 34.3. The second kappa shape index (κ2) is 3.59. The number of hydrogen-bond donors (Lipinski definition) is 0. The predicted molar refractivity (Wildman–Crippen MR) is 70.3 cm³/mol. The number of ketones is 1. The highest BCUT2D eigenvalue weighted by Gasteiger charge is 2.53. The minimum Gasteiger partial charge on any atom is -0.472 e. The lowest BCUT2D eigenvalue weighted by Gasteiger charge is -2.45. The largest absolute Gasteiger partial charge is 0.472 e. The van der Waals surface area contributed by atoms with E-state index in [0.29, 0.717) is 0 Å². The maximum absolute atomic E-state index is 12.4. The fourth-order valence-corrected chi connectivity index (χ4v) is 4.11. The number of carbonyl (C=O) groups excluding carboxylic acids is 1. The van der Waals surface area contributed by atoms with Crippen molar-refractivity contribution in [2.24, 2.45) is 10.8 Å². The van der Waals surface area contributed by atoms with Gasteiger partial charge in [-0.2, -0.15) is 0 Å². The van der Waals surface area contributed by atoms with Crippen LogP contribution in [0.15, 0.2) is 34.7 Å². The third-order valence-electron chi connectivity index (χ3n) is 4.93. The first-order valence-corrected chi connectivity index (χ1v) is 6.74. The van der Waals surface area contributed by atoms with Gasteiger partial charge in [-0.1, -0.05) is 32.8 Å². The summed E-state index contributed by atoms with van der Waals surface area (Å²) in [6.07, 6.45) is 8.78. The molecule has 1 saturated carbocycles. The van der Waals surface area contributed by atoms with Crippen LogP contribution in [0.3, 0.4) is 0 Å². The highest BCUT2D eigenvalue weighted by molar-refractivity contribution is 6.00. The number of rotatable bonds is 1. The molecule has 0 aromatic carbocycles. The molecular weight excluding hydrogens is 224 g/mol. The quantitative estimate of drug-likeness (QED) is 0.744. The highest BCUT2D eigenvalue weighted by atomic mass is 16.3. The Morgan fingerprint density at radius 2 is 2.06 bits per heavy atom. The van der Waals surface area contributed by atoms with Crippen LogP contribution in [0, 0.1) is 10.8 Å². The van der Waals surface area contributed by atoms with Gasteiger partial charge in [-0.25, -0.2) is 0 Å². The van der Waals surface area contributed by atoms with Crippen molar-refractivity contribution >= 4 is 5.78 Å². The van der Waals surface area contributed by atoms with Gasteiger partial charge in [-0.15, -0.1) is 0 Å². The van der Waals surface area contributed by atoms with Crippen LogP contribution in [0.25, 0.3) is 0 Å². The highest BCUT2D eigenvalue weighted by Crippen LogP contribution is 2.60. The Hall–Kier alpha value is -1.31. The van der Waals surface area contributed by atoms with Gasteiger partial charge >= 0.3 is 0 Å². The topological polar surface area (TPSA) is 30.2 Å². The summed E-state index contributed by atoms with van der Waals surface area (Å²) in [6, 6.07) is 1.94. The summed E-state index contributed by atoms with van der Waals surface area (Å²) in [5.41, 5.74) is 2.52. The van der Waals surface area contributed by atoms with Gasteiger partial charge in [0.25, 0.3) is 0 Å². The molecule has 0 unspecified atom stereocenters. The summed E-state index contributed by atoms with van der Waals surface area (Å²) >= 11 is 0. The van der Waals surface area contributed by atoms with Crippen molar-refractivity contribution in [1.82, 2.24) is 0 Å². The SMILES string of the molecule is CC1(C)CCC[C@]2(C)C1=CC(=O)[C@@H]2c1ccoc1. The van der Waals surface area contributed by atoms with E-state index in [1.807, 2.05) is 12.1 Å². The molecule has 1 aromatic heterocycles. The second-order valence-corrected chi connectivity index (χ2v) is 6.60. The van der Waals surface area contributed by atoms with E-state index >= 15 is 0 Å². The third kappa shape index (κ3) is 1.44. The Morgan fingerprint density at radius 3 is 2.72 bits per heavy atom. The van der Waals surface area contributed by atoms with Crippen LogP contribution < -0.4 is 0 Å². The van der Waals surface area contributed by atoms with Gasteiger partial charge in [0.1, 0.15) is 0 Å². The lowest BCUT2D eigenvalue weighted by Crippen LogP contribution is -2.36. The first kappa shape index (κ1) is 11.8.